The van der Waals surface area contributed by atoms with E-state index >= 15 is 0 Å². The van der Waals surface area contributed by atoms with Crippen molar-refractivity contribution in [3.05, 3.63) is 77.4 Å². The maximum Gasteiger partial charge on any atom is 0.307 e. The molecular weight excluding hydrogens is 354 g/mol. The zero-order valence-corrected chi connectivity index (χ0v) is 16.2. The SMILES string of the molecule is CSc1c(CC(=O)O)cc(C)c2c1c1ccccc1n2Cc1ccccc1. The van der Waals surface area contributed by atoms with Crippen LogP contribution in [0.25, 0.3) is 21.8 Å². The number of hydrogen-bond donors (Lipinski definition) is 1. The lowest BCUT2D eigenvalue weighted by molar-refractivity contribution is -0.136. The van der Waals surface area contributed by atoms with Crippen LogP contribution in [0, 0.1) is 6.92 Å². The Bertz CT molecular complexity index is 1150. The monoisotopic (exact) mass is 375 g/mol. The molecule has 136 valence electrons. The number of aryl methyl sites for hydroxylation is 1. The van der Waals surface area contributed by atoms with E-state index in [4.69, 9.17) is 0 Å². The second-order valence-electron chi connectivity index (χ2n) is 6.77. The zero-order chi connectivity index (χ0) is 19.0. The number of carbonyl (C=O) groups is 1. The Morgan fingerprint density at radius 1 is 1.07 bits per heavy atom. The first-order valence-corrected chi connectivity index (χ1v) is 10.2. The van der Waals surface area contributed by atoms with Crippen molar-refractivity contribution in [2.24, 2.45) is 0 Å². The number of para-hydroxylation sites is 1. The van der Waals surface area contributed by atoms with Gasteiger partial charge in [-0.15, -0.1) is 11.8 Å². The second-order valence-corrected chi connectivity index (χ2v) is 7.59. The first kappa shape index (κ1) is 17.7. The molecule has 0 unspecified atom stereocenters. The van der Waals surface area contributed by atoms with Gasteiger partial charge < -0.3 is 9.67 Å². The molecule has 0 aliphatic heterocycles. The Labute approximate surface area is 162 Å². The normalized spacial score (nSPS) is 11.3. The first-order valence-electron chi connectivity index (χ1n) is 8.93. The van der Waals surface area contributed by atoms with Gasteiger partial charge in [-0.1, -0.05) is 54.6 Å². The van der Waals surface area contributed by atoms with E-state index in [0.29, 0.717) is 0 Å². The number of nitrogens with zero attached hydrogens (tertiary/aromatic N) is 1. The lowest BCUT2D eigenvalue weighted by atomic mass is 10.0. The van der Waals surface area contributed by atoms with Crippen LogP contribution >= 0.6 is 11.8 Å². The molecule has 0 radical (unpaired) electrons. The van der Waals surface area contributed by atoms with Crippen LogP contribution in [0.2, 0.25) is 0 Å². The van der Waals surface area contributed by atoms with Gasteiger partial charge in [-0.25, -0.2) is 0 Å². The molecule has 0 amide bonds. The van der Waals surface area contributed by atoms with Crippen molar-refractivity contribution in [1.82, 2.24) is 4.57 Å². The van der Waals surface area contributed by atoms with E-state index in [9.17, 15) is 9.90 Å². The maximum atomic E-state index is 11.4. The molecule has 4 aromatic rings. The molecule has 0 saturated carbocycles. The van der Waals surface area contributed by atoms with Gasteiger partial charge in [0, 0.05) is 27.7 Å². The molecular formula is C23H21NO2S. The molecule has 1 heterocycles. The number of hydrogen-bond acceptors (Lipinski definition) is 2. The van der Waals surface area contributed by atoms with Gasteiger partial charge in [0.25, 0.3) is 0 Å². The molecule has 0 bridgehead atoms. The van der Waals surface area contributed by atoms with Gasteiger partial charge in [0.2, 0.25) is 0 Å². The Kier molecular flexibility index (Phi) is 4.66. The fraction of sp³-hybridized carbons (Fsp3) is 0.174. The minimum atomic E-state index is -0.794. The number of carboxylic acids is 1. The van der Waals surface area contributed by atoms with Crippen LogP contribution in [0.3, 0.4) is 0 Å². The zero-order valence-electron chi connectivity index (χ0n) is 15.4. The molecule has 0 fully saturated rings. The summed E-state index contributed by atoms with van der Waals surface area (Å²) in [6, 6.07) is 20.9. The largest absolute Gasteiger partial charge is 0.481 e. The number of aliphatic carboxylic acids is 1. The van der Waals surface area contributed by atoms with Crippen LogP contribution in [0.4, 0.5) is 0 Å². The molecule has 27 heavy (non-hydrogen) atoms. The molecule has 4 rings (SSSR count). The smallest absolute Gasteiger partial charge is 0.307 e. The Morgan fingerprint density at radius 3 is 2.48 bits per heavy atom. The molecule has 1 aromatic heterocycles. The first-order chi connectivity index (χ1) is 13.1. The number of rotatable bonds is 5. The summed E-state index contributed by atoms with van der Waals surface area (Å²) in [5, 5.41) is 11.7. The highest BCUT2D eigenvalue weighted by Crippen LogP contribution is 2.40. The summed E-state index contributed by atoms with van der Waals surface area (Å²) in [6.07, 6.45) is 2.07. The highest BCUT2D eigenvalue weighted by molar-refractivity contribution is 7.98. The third-order valence-electron chi connectivity index (χ3n) is 4.98. The minimum absolute atomic E-state index is 0.0468. The Morgan fingerprint density at radius 2 is 1.78 bits per heavy atom. The lowest BCUT2D eigenvalue weighted by Gasteiger charge is -2.13. The van der Waals surface area contributed by atoms with E-state index in [2.05, 4.69) is 60.0 Å². The van der Waals surface area contributed by atoms with E-state index in [-0.39, 0.29) is 6.42 Å². The molecule has 0 spiro atoms. The van der Waals surface area contributed by atoms with Gasteiger partial charge >= 0.3 is 5.97 Å². The second kappa shape index (κ2) is 7.12. The standard InChI is InChI=1S/C23H21NO2S/c1-15-12-17(13-20(25)26)23(27-2)21-18-10-6-7-11-19(18)24(22(15)21)14-16-8-4-3-5-9-16/h3-12H,13-14H2,1-2H3,(H,25,26). The summed E-state index contributed by atoms with van der Waals surface area (Å²) in [7, 11) is 0. The molecule has 3 nitrogen and oxygen atoms in total. The predicted molar refractivity (Wildman–Crippen MR) is 113 cm³/mol. The van der Waals surface area contributed by atoms with E-state index in [0.717, 1.165) is 22.6 Å². The number of benzene rings is 3. The average Bonchev–Trinajstić information content (AvgIpc) is 2.98. The number of fused-ring (bicyclic) bond motifs is 3. The third-order valence-corrected chi connectivity index (χ3v) is 5.86. The molecule has 0 aliphatic rings. The van der Waals surface area contributed by atoms with Gasteiger partial charge in [-0.2, -0.15) is 0 Å². The average molecular weight is 375 g/mol. The maximum absolute atomic E-state index is 11.4. The minimum Gasteiger partial charge on any atom is -0.481 e. The summed E-state index contributed by atoms with van der Waals surface area (Å²) >= 11 is 1.63. The summed E-state index contributed by atoms with van der Waals surface area (Å²) in [5.41, 5.74) is 5.63. The van der Waals surface area contributed by atoms with Crippen LogP contribution < -0.4 is 0 Å². The summed E-state index contributed by atoms with van der Waals surface area (Å²) < 4.78 is 2.36. The molecule has 0 saturated heterocycles. The van der Waals surface area contributed by atoms with Gasteiger partial charge in [-0.3, -0.25) is 4.79 Å². The van der Waals surface area contributed by atoms with Crippen LogP contribution in [-0.2, 0) is 17.8 Å². The van der Waals surface area contributed by atoms with Gasteiger partial charge in [0.1, 0.15) is 0 Å². The van der Waals surface area contributed by atoms with Crippen LogP contribution in [-0.4, -0.2) is 21.9 Å². The molecule has 0 atom stereocenters. The summed E-state index contributed by atoms with van der Waals surface area (Å²) in [4.78, 5) is 12.5. The van der Waals surface area contributed by atoms with Crippen molar-refractivity contribution in [1.29, 1.82) is 0 Å². The van der Waals surface area contributed by atoms with Crippen molar-refractivity contribution in [3.8, 4) is 0 Å². The topological polar surface area (TPSA) is 42.2 Å². The van der Waals surface area contributed by atoms with E-state index in [1.165, 1.54) is 27.4 Å². The number of carboxylic acid groups (broad SMARTS) is 1. The Hall–Kier alpha value is -2.72. The van der Waals surface area contributed by atoms with Crippen LogP contribution in [0.15, 0.2) is 65.6 Å². The van der Waals surface area contributed by atoms with Gasteiger partial charge in [-0.05, 0) is 35.9 Å². The highest BCUT2D eigenvalue weighted by Gasteiger charge is 2.19. The number of thioether (sulfide) groups is 1. The summed E-state index contributed by atoms with van der Waals surface area (Å²) in [5.74, 6) is -0.794. The third kappa shape index (κ3) is 3.10. The van der Waals surface area contributed by atoms with Crippen molar-refractivity contribution < 1.29 is 9.90 Å². The van der Waals surface area contributed by atoms with Crippen molar-refractivity contribution in [3.63, 3.8) is 0 Å². The molecule has 4 heteroatoms. The lowest BCUT2D eigenvalue weighted by Crippen LogP contribution is -2.04. The quantitative estimate of drug-likeness (QED) is 0.468. The van der Waals surface area contributed by atoms with Crippen LogP contribution in [0.1, 0.15) is 16.7 Å². The molecule has 3 aromatic carbocycles. The van der Waals surface area contributed by atoms with E-state index in [1.54, 1.807) is 11.8 Å². The Balaban J connectivity index is 2.07. The van der Waals surface area contributed by atoms with Gasteiger partial charge in [0.05, 0.1) is 11.9 Å². The van der Waals surface area contributed by atoms with Crippen LogP contribution in [0.5, 0.6) is 0 Å². The molecule has 1 N–H and O–H groups in total. The highest BCUT2D eigenvalue weighted by atomic mass is 32.2. The molecule has 0 aliphatic carbocycles. The van der Waals surface area contributed by atoms with Crippen molar-refractivity contribution in [2.75, 3.05) is 6.26 Å². The van der Waals surface area contributed by atoms with Crippen molar-refractivity contribution >= 4 is 39.5 Å². The predicted octanol–water partition coefficient (Wildman–Crippen LogP) is 5.50. The van der Waals surface area contributed by atoms with E-state index < -0.39 is 5.97 Å². The number of aromatic nitrogens is 1. The fourth-order valence-corrected chi connectivity index (χ4v) is 4.76. The van der Waals surface area contributed by atoms with Crippen molar-refractivity contribution in [2.45, 2.75) is 24.8 Å². The van der Waals surface area contributed by atoms with E-state index in [1.807, 2.05) is 18.4 Å². The fourth-order valence-electron chi connectivity index (χ4n) is 3.96. The van der Waals surface area contributed by atoms with Gasteiger partial charge in [0.15, 0.2) is 0 Å². The summed E-state index contributed by atoms with van der Waals surface area (Å²) in [6.45, 7) is 2.87.